The van der Waals surface area contributed by atoms with E-state index in [0.29, 0.717) is 31.9 Å². The molecule has 0 aliphatic carbocycles. The van der Waals surface area contributed by atoms with E-state index in [0.717, 1.165) is 22.9 Å². The van der Waals surface area contributed by atoms with Crippen LogP contribution in [0.2, 0.25) is 0 Å². The van der Waals surface area contributed by atoms with Crippen LogP contribution in [0.5, 0.6) is 0 Å². The van der Waals surface area contributed by atoms with Crippen molar-refractivity contribution in [2.45, 2.75) is 13.8 Å². The Balaban J connectivity index is 1.59. The Labute approximate surface area is 146 Å². The lowest BCUT2D eigenvalue weighted by molar-refractivity contribution is 0.208. The molecule has 1 aliphatic heterocycles. The molecule has 1 fully saturated rings. The molecule has 1 heterocycles. The van der Waals surface area contributed by atoms with Crippen molar-refractivity contribution >= 4 is 17.4 Å². The Morgan fingerprint density at radius 1 is 0.920 bits per heavy atom. The lowest BCUT2D eigenvalue weighted by Crippen LogP contribution is -2.50. The van der Waals surface area contributed by atoms with Crippen molar-refractivity contribution in [2.75, 3.05) is 36.4 Å². The van der Waals surface area contributed by atoms with Gasteiger partial charge in [0.1, 0.15) is 0 Å². The summed E-state index contributed by atoms with van der Waals surface area (Å²) < 4.78 is 26.4. The average Bonchev–Trinajstić information content (AvgIpc) is 2.56. The normalized spacial score (nSPS) is 14.6. The summed E-state index contributed by atoms with van der Waals surface area (Å²) >= 11 is 0. The van der Waals surface area contributed by atoms with Crippen LogP contribution in [0, 0.1) is 25.5 Å². The molecule has 25 heavy (non-hydrogen) atoms. The second-order valence-electron chi connectivity index (χ2n) is 6.38. The maximum atomic E-state index is 13.4. The highest BCUT2D eigenvalue weighted by Crippen LogP contribution is 2.20. The maximum absolute atomic E-state index is 13.4. The molecule has 2 aromatic rings. The number of hydrogen-bond donors (Lipinski definition) is 1. The summed E-state index contributed by atoms with van der Waals surface area (Å²) in [4.78, 5) is 16.1. The second-order valence-corrected chi connectivity index (χ2v) is 6.38. The third-order valence-electron chi connectivity index (χ3n) is 4.31. The summed E-state index contributed by atoms with van der Waals surface area (Å²) in [6.07, 6.45) is 0. The Bertz CT molecular complexity index is 766. The average molecular weight is 345 g/mol. The molecule has 0 unspecified atom stereocenters. The first-order valence-electron chi connectivity index (χ1n) is 8.26. The van der Waals surface area contributed by atoms with Crippen LogP contribution in [0.3, 0.4) is 0 Å². The number of piperazine rings is 1. The minimum Gasteiger partial charge on any atom is -0.368 e. The van der Waals surface area contributed by atoms with Crippen molar-refractivity contribution in [3.05, 3.63) is 59.2 Å². The van der Waals surface area contributed by atoms with Gasteiger partial charge in [0.05, 0.1) is 0 Å². The molecular formula is C19H21F2N3O. The van der Waals surface area contributed by atoms with Crippen molar-refractivity contribution in [2.24, 2.45) is 0 Å². The summed E-state index contributed by atoms with van der Waals surface area (Å²) in [6, 6.07) is 9.66. The first-order valence-corrected chi connectivity index (χ1v) is 8.26. The number of rotatable bonds is 2. The van der Waals surface area contributed by atoms with Gasteiger partial charge in [-0.05, 0) is 49.2 Å². The third kappa shape index (κ3) is 4.07. The summed E-state index contributed by atoms with van der Waals surface area (Å²) in [5.74, 6) is -1.71. The van der Waals surface area contributed by atoms with E-state index in [9.17, 15) is 13.6 Å². The van der Waals surface area contributed by atoms with Gasteiger partial charge in [0.15, 0.2) is 11.6 Å². The number of nitrogens with zero attached hydrogens (tertiary/aromatic N) is 2. The molecule has 1 aliphatic rings. The van der Waals surface area contributed by atoms with Gasteiger partial charge in [-0.3, -0.25) is 0 Å². The molecule has 6 heteroatoms. The van der Waals surface area contributed by atoms with Gasteiger partial charge in [-0.2, -0.15) is 0 Å². The largest absolute Gasteiger partial charge is 0.368 e. The van der Waals surface area contributed by atoms with E-state index in [-0.39, 0.29) is 6.03 Å². The quantitative estimate of drug-likeness (QED) is 0.895. The summed E-state index contributed by atoms with van der Waals surface area (Å²) in [5.41, 5.74) is 3.61. The van der Waals surface area contributed by atoms with Crippen LogP contribution in [0.4, 0.5) is 25.0 Å². The minimum atomic E-state index is -0.854. The van der Waals surface area contributed by atoms with Gasteiger partial charge in [0.25, 0.3) is 0 Å². The number of nitrogens with one attached hydrogen (secondary N) is 1. The zero-order chi connectivity index (χ0) is 18.0. The van der Waals surface area contributed by atoms with Crippen LogP contribution in [-0.2, 0) is 0 Å². The van der Waals surface area contributed by atoms with Crippen LogP contribution in [0.25, 0.3) is 0 Å². The molecule has 2 aromatic carbocycles. The fraction of sp³-hybridized carbons (Fsp3) is 0.316. The molecule has 0 radical (unpaired) electrons. The minimum absolute atomic E-state index is 0.144. The predicted molar refractivity (Wildman–Crippen MR) is 95.1 cm³/mol. The fourth-order valence-electron chi connectivity index (χ4n) is 3.10. The van der Waals surface area contributed by atoms with Gasteiger partial charge in [0.2, 0.25) is 0 Å². The number of carbonyl (C=O) groups is 1. The monoisotopic (exact) mass is 345 g/mol. The highest BCUT2D eigenvalue weighted by atomic mass is 19.2. The topological polar surface area (TPSA) is 35.6 Å². The van der Waals surface area contributed by atoms with Crippen LogP contribution in [0.1, 0.15) is 11.1 Å². The Kier molecular flexibility index (Phi) is 4.88. The molecule has 1 N–H and O–H groups in total. The molecule has 0 bridgehead atoms. The van der Waals surface area contributed by atoms with E-state index < -0.39 is 11.6 Å². The maximum Gasteiger partial charge on any atom is 0.321 e. The molecular weight excluding hydrogens is 324 g/mol. The number of hydrogen-bond acceptors (Lipinski definition) is 2. The predicted octanol–water partition coefficient (Wildman–Crippen LogP) is 3.94. The Hall–Kier alpha value is -2.63. The van der Waals surface area contributed by atoms with Crippen molar-refractivity contribution in [1.82, 2.24) is 4.90 Å². The van der Waals surface area contributed by atoms with Crippen LogP contribution < -0.4 is 10.2 Å². The SMILES string of the molecule is Cc1cc(C)cc(NC(=O)N2CCN(c3ccc(F)c(F)c3)CC2)c1. The fourth-order valence-corrected chi connectivity index (χ4v) is 3.10. The first-order chi connectivity index (χ1) is 11.9. The van der Waals surface area contributed by atoms with E-state index >= 15 is 0 Å². The van der Waals surface area contributed by atoms with Crippen LogP contribution >= 0.6 is 0 Å². The number of aryl methyl sites for hydroxylation is 2. The third-order valence-corrected chi connectivity index (χ3v) is 4.31. The number of carbonyl (C=O) groups excluding carboxylic acids is 1. The van der Waals surface area contributed by atoms with E-state index in [1.165, 1.54) is 6.07 Å². The Morgan fingerprint density at radius 2 is 1.56 bits per heavy atom. The lowest BCUT2D eigenvalue weighted by Gasteiger charge is -2.36. The summed E-state index contributed by atoms with van der Waals surface area (Å²) in [6.45, 7) is 6.18. The molecule has 0 saturated carbocycles. The molecule has 0 atom stereocenters. The van der Waals surface area contributed by atoms with Crippen molar-refractivity contribution in [3.63, 3.8) is 0 Å². The van der Waals surface area contributed by atoms with E-state index in [1.54, 1.807) is 11.0 Å². The highest BCUT2D eigenvalue weighted by molar-refractivity contribution is 5.89. The van der Waals surface area contributed by atoms with Crippen molar-refractivity contribution in [3.8, 4) is 0 Å². The molecule has 0 spiro atoms. The van der Waals surface area contributed by atoms with Gasteiger partial charge >= 0.3 is 6.03 Å². The smallest absolute Gasteiger partial charge is 0.321 e. The zero-order valence-electron chi connectivity index (χ0n) is 14.4. The number of amides is 2. The van der Waals surface area contributed by atoms with Crippen molar-refractivity contribution in [1.29, 1.82) is 0 Å². The molecule has 4 nitrogen and oxygen atoms in total. The van der Waals surface area contributed by atoms with Gasteiger partial charge in [-0.25, -0.2) is 13.6 Å². The number of benzene rings is 2. The van der Waals surface area contributed by atoms with Gasteiger partial charge in [0, 0.05) is 43.6 Å². The van der Waals surface area contributed by atoms with E-state index in [4.69, 9.17) is 0 Å². The number of halogens is 2. The first kappa shape index (κ1) is 17.2. The van der Waals surface area contributed by atoms with Crippen LogP contribution in [-0.4, -0.2) is 37.1 Å². The zero-order valence-corrected chi connectivity index (χ0v) is 14.4. The second kappa shape index (κ2) is 7.09. The van der Waals surface area contributed by atoms with E-state index in [2.05, 4.69) is 11.4 Å². The molecule has 1 saturated heterocycles. The summed E-state index contributed by atoms with van der Waals surface area (Å²) in [5, 5.41) is 2.92. The van der Waals surface area contributed by atoms with Crippen molar-refractivity contribution < 1.29 is 13.6 Å². The molecule has 3 rings (SSSR count). The van der Waals surface area contributed by atoms with Crippen LogP contribution in [0.15, 0.2) is 36.4 Å². The highest BCUT2D eigenvalue weighted by Gasteiger charge is 2.22. The Morgan fingerprint density at radius 3 is 2.16 bits per heavy atom. The number of urea groups is 1. The molecule has 0 aromatic heterocycles. The molecule has 132 valence electrons. The van der Waals surface area contributed by atoms with Gasteiger partial charge in [-0.1, -0.05) is 6.07 Å². The number of anilines is 2. The summed E-state index contributed by atoms with van der Waals surface area (Å²) in [7, 11) is 0. The van der Waals surface area contributed by atoms with Gasteiger partial charge < -0.3 is 15.1 Å². The van der Waals surface area contributed by atoms with E-state index in [1.807, 2.05) is 30.9 Å². The van der Waals surface area contributed by atoms with Gasteiger partial charge in [-0.15, -0.1) is 0 Å². The standard InChI is InChI=1S/C19H21F2N3O/c1-13-9-14(2)11-15(10-13)22-19(25)24-7-5-23(6-8-24)16-3-4-17(20)18(21)12-16/h3-4,9-12H,5-8H2,1-2H3,(H,22,25). The lowest BCUT2D eigenvalue weighted by atomic mass is 10.1. The molecule has 2 amide bonds.